The molecule has 5 heteroatoms. The van der Waals surface area contributed by atoms with Gasteiger partial charge in [-0.1, -0.05) is 4.68 Å². The molecule has 66 valence electrons. The van der Waals surface area contributed by atoms with Crippen LogP contribution in [0.25, 0.3) is 11.4 Å². The molecular formula is C8H7N3O2. The molecule has 2 heterocycles. The quantitative estimate of drug-likeness (QED) is 0.558. The number of rotatable bonds is 2. The van der Waals surface area contributed by atoms with E-state index in [9.17, 15) is 10.1 Å². The van der Waals surface area contributed by atoms with Gasteiger partial charge < -0.3 is 4.98 Å². The number of nitrogens with zero attached hydrogens (tertiary/aromatic N) is 2. The molecule has 0 saturated heterocycles. The van der Waals surface area contributed by atoms with E-state index in [2.05, 4.69) is 4.98 Å². The maximum absolute atomic E-state index is 10.5. The van der Waals surface area contributed by atoms with Crippen molar-refractivity contribution >= 4 is 0 Å². The zero-order valence-electron chi connectivity index (χ0n) is 6.68. The second-order valence-electron chi connectivity index (χ2n) is 2.56. The molecule has 0 aliphatic heterocycles. The van der Waals surface area contributed by atoms with Gasteiger partial charge in [-0.2, -0.15) is 0 Å². The fraction of sp³-hybridized carbons (Fsp3) is 0. The van der Waals surface area contributed by atoms with Gasteiger partial charge in [0.05, 0.1) is 11.9 Å². The highest BCUT2D eigenvalue weighted by Gasteiger charge is 2.10. The van der Waals surface area contributed by atoms with Crippen LogP contribution < -0.4 is 0 Å². The van der Waals surface area contributed by atoms with E-state index in [-0.39, 0.29) is 0 Å². The van der Waals surface area contributed by atoms with Crippen molar-refractivity contribution < 1.29 is 5.03 Å². The Kier molecular flexibility index (Phi) is 1.63. The van der Waals surface area contributed by atoms with Crippen molar-refractivity contribution in [2.75, 3.05) is 0 Å². The molecule has 2 aromatic rings. The Morgan fingerprint density at radius 2 is 2.23 bits per heavy atom. The van der Waals surface area contributed by atoms with Crippen LogP contribution in [0.1, 0.15) is 0 Å². The molecular weight excluding hydrogens is 170 g/mol. The summed E-state index contributed by atoms with van der Waals surface area (Å²) in [7, 11) is 0. The maximum atomic E-state index is 10.5. The third kappa shape index (κ3) is 1.20. The van der Waals surface area contributed by atoms with Gasteiger partial charge in [0.1, 0.15) is 5.69 Å². The summed E-state index contributed by atoms with van der Waals surface area (Å²) < 4.78 is 0.978. The van der Waals surface area contributed by atoms with Crippen LogP contribution in [0.15, 0.2) is 36.7 Å². The molecule has 1 N–H and O–H groups in total. The first kappa shape index (κ1) is 7.60. The molecule has 0 aliphatic carbocycles. The molecule has 0 radical (unpaired) electrons. The molecule has 5 nitrogen and oxygen atoms in total. The first-order valence-electron chi connectivity index (χ1n) is 3.75. The molecule has 0 aliphatic rings. The summed E-state index contributed by atoms with van der Waals surface area (Å²) in [5.41, 5.74) is 1.29. The average Bonchev–Trinajstić information content (AvgIpc) is 2.74. The van der Waals surface area contributed by atoms with E-state index in [0.29, 0.717) is 5.69 Å². The average molecular weight is 177 g/mol. The normalized spacial score (nSPS) is 10.2. The molecule has 0 amide bonds. The second kappa shape index (κ2) is 2.78. The number of aromatic nitrogens is 2. The van der Waals surface area contributed by atoms with E-state index < -0.39 is 5.03 Å². The zero-order valence-corrected chi connectivity index (χ0v) is 6.68. The Labute approximate surface area is 73.7 Å². The number of nitro groups is 1. The molecule has 0 fully saturated rings. The van der Waals surface area contributed by atoms with Gasteiger partial charge in [0.15, 0.2) is 5.03 Å². The Bertz CT molecular complexity index is 416. The lowest BCUT2D eigenvalue weighted by Crippen LogP contribution is -2.08. The van der Waals surface area contributed by atoms with E-state index in [1.54, 1.807) is 30.5 Å². The molecule has 0 atom stereocenters. The van der Waals surface area contributed by atoms with Crippen LogP contribution in [0.3, 0.4) is 0 Å². The zero-order chi connectivity index (χ0) is 9.26. The molecule has 0 bridgehead atoms. The lowest BCUT2D eigenvalue weighted by Gasteiger charge is -1.96. The van der Waals surface area contributed by atoms with Gasteiger partial charge in [-0.15, -0.1) is 0 Å². The Morgan fingerprint density at radius 1 is 1.38 bits per heavy atom. The van der Waals surface area contributed by atoms with Crippen LogP contribution in [-0.4, -0.2) is 14.7 Å². The smallest absolute Gasteiger partial charge is 0.169 e. The molecule has 0 unspecified atom stereocenters. The van der Waals surface area contributed by atoms with Crippen LogP contribution >= 0.6 is 0 Å². The molecule has 0 saturated carbocycles. The molecule has 0 spiro atoms. The van der Waals surface area contributed by atoms with Crippen LogP contribution in [0.2, 0.25) is 0 Å². The van der Waals surface area contributed by atoms with Crippen molar-refractivity contribution in [2.24, 2.45) is 0 Å². The van der Waals surface area contributed by atoms with Gasteiger partial charge in [0.2, 0.25) is 0 Å². The first-order chi connectivity index (χ1) is 6.29. The van der Waals surface area contributed by atoms with Crippen LogP contribution in [0.4, 0.5) is 0 Å². The van der Waals surface area contributed by atoms with Crippen molar-refractivity contribution in [3.05, 3.63) is 46.8 Å². The van der Waals surface area contributed by atoms with Gasteiger partial charge in [0.25, 0.3) is 0 Å². The number of hydrogen-bond donors (Lipinski definition) is 1. The Hall–Kier alpha value is -2.04. The van der Waals surface area contributed by atoms with E-state index >= 15 is 0 Å². The minimum absolute atomic E-state index is 0.462. The number of H-pyrrole nitrogens is 1. The summed E-state index contributed by atoms with van der Waals surface area (Å²) in [6.07, 6.45) is 3.14. The largest absolute Gasteiger partial charge is 0.360 e. The van der Waals surface area contributed by atoms with Gasteiger partial charge in [-0.25, -0.2) is 10.1 Å². The first-order valence-corrected chi connectivity index (χ1v) is 3.75. The fourth-order valence-corrected chi connectivity index (χ4v) is 1.22. The Balaban J connectivity index is 2.52. The SMILES string of the molecule is O=[N+]([O-])n1cccc1-c1ccc[nH]1. The number of nitrogens with one attached hydrogen (secondary N) is 1. The fourth-order valence-electron chi connectivity index (χ4n) is 1.22. The topological polar surface area (TPSA) is 63.9 Å². The van der Waals surface area contributed by atoms with Gasteiger partial charge >= 0.3 is 0 Å². The monoisotopic (exact) mass is 177 g/mol. The van der Waals surface area contributed by atoms with Crippen LogP contribution in [-0.2, 0) is 0 Å². The third-order valence-electron chi connectivity index (χ3n) is 1.78. The number of aromatic amines is 1. The highest BCUT2D eigenvalue weighted by molar-refractivity contribution is 5.54. The third-order valence-corrected chi connectivity index (χ3v) is 1.78. The van der Waals surface area contributed by atoms with E-state index in [4.69, 9.17) is 0 Å². The maximum Gasteiger partial charge on any atom is 0.169 e. The van der Waals surface area contributed by atoms with Crippen LogP contribution in [0, 0.1) is 10.1 Å². The standard InChI is InChI=1S/C8H7N3O2/c12-11(13)10-6-2-4-8(10)7-3-1-5-9-7/h1-6,9H. The summed E-state index contributed by atoms with van der Waals surface area (Å²) >= 11 is 0. The molecule has 2 rings (SSSR count). The summed E-state index contributed by atoms with van der Waals surface area (Å²) in [5, 5.41) is 10.1. The highest BCUT2D eigenvalue weighted by Crippen LogP contribution is 2.16. The van der Waals surface area contributed by atoms with Gasteiger partial charge in [-0.05, 0) is 24.3 Å². The van der Waals surface area contributed by atoms with E-state index in [1.165, 1.54) is 6.20 Å². The van der Waals surface area contributed by atoms with Crippen molar-refractivity contribution in [3.63, 3.8) is 0 Å². The predicted octanol–water partition coefficient (Wildman–Crippen LogP) is 1.52. The van der Waals surface area contributed by atoms with E-state index in [1.807, 2.05) is 0 Å². The van der Waals surface area contributed by atoms with Crippen molar-refractivity contribution in [1.29, 1.82) is 0 Å². The predicted molar refractivity (Wildman–Crippen MR) is 46.6 cm³/mol. The summed E-state index contributed by atoms with van der Waals surface area (Å²) in [6.45, 7) is 0. The van der Waals surface area contributed by atoms with Crippen LogP contribution in [0.5, 0.6) is 0 Å². The minimum atomic E-state index is -0.462. The Morgan fingerprint density at radius 3 is 2.85 bits per heavy atom. The van der Waals surface area contributed by atoms with Crippen molar-refractivity contribution in [1.82, 2.24) is 9.66 Å². The van der Waals surface area contributed by atoms with Crippen molar-refractivity contribution in [3.8, 4) is 11.4 Å². The van der Waals surface area contributed by atoms with Gasteiger partial charge in [0, 0.05) is 6.20 Å². The highest BCUT2D eigenvalue weighted by atomic mass is 16.7. The summed E-state index contributed by atoms with van der Waals surface area (Å²) in [4.78, 5) is 13.4. The minimum Gasteiger partial charge on any atom is -0.360 e. The molecule has 13 heavy (non-hydrogen) atoms. The number of hydrogen-bond acceptors (Lipinski definition) is 2. The lowest BCUT2D eigenvalue weighted by molar-refractivity contribution is -0.540. The molecule has 2 aromatic heterocycles. The van der Waals surface area contributed by atoms with E-state index in [0.717, 1.165) is 10.4 Å². The lowest BCUT2D eigenvalue weighted by atomic mass is 10.3. The second-order valence-corrected chi connectivity index (χ2v) is 2.56. The summed E-state index contributed by atoms with van der Waals surface area (Å²) in [6, 6.07) is 6.91. The summed E-state index contributed by atoms with van der Waals surface area (Å²) in [5.74, 6) is 0. The van der Waals surface area contributed by atoms with Crippen molar-refractivity contribution in [2.45, 2.75) is 0 Å². The van der Waals surface area contributed by atoms with Gasteiger partial charge in [-0.3, -0.25) is 0 Å². The molecule has 0 aromatic carbocycles.